The summed E-state index contributed by atoms with van der Waals surface area (Å²) < 4.78 is 33.6. The minimum atomic E-state index is -3.84. The molecule has 4 aromatic carbocycles. The molecule has 4 aromatic rings. The topological polar surface area (TPSA) is 137 Å². The minimum absolute atomic E-state index is 0.0496. The van der Waals surface area contributed by atoms with E-state index >= 15 is 0 Å². The summed E-state index contributed by atoms with van der Waals surface area (Å²) in [6.07, 6.45) is 0. The summed E-state index contributed by atoms with van der Waals surface area (Å²) in [5.74, 6) is 0.321. The number of anilines is 2. The first-order valence-electron chi connectivity index (χ1n) is 12.0. The summed E-state index contributed by atoms with van der Waals surface area (Å²) in [5, 5.41) is 10.2. The van der Waals surface area contributed by atoms with E-state index in [0.29, 0.717) is 28.4 Å². The number of thioether (sulfide) groups is 1. The Hall–Kier alpha value is -4.32. The lowest BCUT2D eigenvalue weighted by Crippen LogP contribution is -2.19. The molecule has 0 heterocycles. The van der Waals surface area contributed by atoms with Gasteiger partial charge in [0.15, 0.2) is 11.5 Å². The molecule has 40 heavy (non-hydrogen) atoms. The molecule has 0 aromatic heterocycles. The predicted molar refractivity (Wildman–Crippen MR) is 155 cm³/mol. The molecule has 0 spiro atoms. The van der Waals surface area contributed by atoms with Crippen LogP contribution in [0.2, 0.25) is 0 Å². The number of benzene rings is 4. The number of carbonyl (C=O) groups is 2. The number of ether oxygens (including phenoxy) is 2. The van der Waals surface area contributed by atoms with Crippen LogP contribution in [0.1, 0.15) is 21.2 Å². The van der Waals surface area contributed by atoms with Crippen molar-refractivity contribution in [1.29, 1.82) is 0 Å². The van der Waals surface area contributed by atoms with Gasteiger partial charge in [0.25, 0.3) is 5.91 Å². The fourth-order valence-corrected chi connectivity index (χ4v) is 5.40. The number of rotatable bonds is 10. The standard InChI is InChI=1S/C29H27N3O6S2/c1-37-25-16-11-20(17-26(25)38-2)28(33)32-22-9-6-10-23(18-22)39-27(19-7-4-3-5-8-19)29(34)31-21-12-14-24(15-13-21)40(30,35)36/h3-18,27H,1-2H3,(H,31,34)(H,32,33)(H2,30,35,36). The number of hydrogen-bond acceptors (Lipinski definition) is 7. The Balaban J connectivity index is 1.53. The molecule has 1 atom stereocenters. The summed E-state index contributed by atoms with van der Waals surface area (Å²) >= 11 is 1.31. The Morgan fingerprint density at radius 1 is 0.775 bits per heavy atom. The summed E-state index contributed by atoms with van der Waals surface area (Å²) in [6, 6.07) is 27.0. The third-order valence-electron chi connectivity index (χ3n) is 5.78. The number of amides is 2. The lowest BCUT2D eigenvalue weighted by Gasteiger charge is -2.18. The van der Waals surface area contributed by atoms with Gasteiger partial charge in [0.1, 0.15) is 5.25 Å². The van der Waals surface area contributed by atoms with Gasteiger partial charge in [-0.05, 0) is 66.2 Å². The number of nitrogens with two attached hydrogens (primary N) is 1. The van der Waals surface area contributed by atoms with E-state index in [1.165, 1.54) is 50.2 Å². The number of sulfonamides is 1. The number of primary sulfonamides is 1. The lowest BCUT2D eigenvalue weighted by molar-refractivity contribution is -0.115. The maximum absolute atomic E-state index is 13.4. The third-order valence-corrected chi connectivity index (χ3v) is 7.96. The zero-order chi connectivity index (χ0) is 28.7. The second kappa shape index (κ2) is 12.7. The molecule has 0 aliphatic carbocycles. The van der Waals surface area contributed by atoms with Crippen LogP contribution in [0.15, 0.2) is 107 Å². The fraction of sp³-hybridized carbons (Fsp3) is 0.103. The monoisotopic (exact) mass is 577 g/mol. The van der Waals surface area contributed by atoms with Gasteiger partial charge in [-0.25, -0.2) is 13.6 Å². The Morgan fingerprint density at radius 3 is 2.12 bits per heavy atom. The predicted octanol–water partition coefficient (Wildman–Crippen LogP) is 5.08. The van der Waals surface area contributed by atoms with E-state index in [0.717, 1.165) is 10.5 Å². The van der Waals surface area contributed by atoms with Crippen LogP contribution in [0.5, 0.6) is 11.5 Å². The second-order valence-electron chi connectivity index (χ2n) is 8.52. The van der Waals surface area contributed by atoms with Crippen LogP contribution >= 0.6 is 11.8 Å². The molecule has 4 rings (SSSR count). The fourth-order valence-electron chi connectivity index (χ4n) is 3.80. The number of methoxy groups -OCH3 is 2. The molecule has 1 unspecified atom stereocenters. The van der Waals surface area contributed by atoms with Crippen molar-refractivity contribution in [2.24, 2.45) is 5.14 Å². The summed E-state index contributed by atoms with van der Waals surface area (Å²) in [5.41, 5.74) is 2.14. The van der Waals surface area contributed by atoms with E-state index in [1.54, 1.807) is 36.4 Å². The van der Waals surface area contributed by atoms with E-state index < -0.39 is 15.3 Å². The number of nitrogens with one attached hydrogen (secondary N) is 2. The normalized spacial score (nSPS) is 11.8. The summed E-state index contributed by atoms with van der Waals surface area (Å²) in [6.45, 7) is 0. The molecular formula is C29H27N3O6S2. The molecular weight excluding hydrogens is 550 g/mol. The van der Waals surface area contributed by atoms with Crippen molar-refractivity contribution >= 4 is 45.0 Å². The molecule has 0 radical (unpaired) electrons. The van der Waals surface area contributed by atoms with E-state index in [4.69, 9.17) is 14.6 Å². The average Bonchev–Trinajstić information content (AvgIpc) is 2.96. The Bertz CT molecular complexity index is 1610. The SMILES string of the molecule is COc1ccc(C(=O)Nc2cccc(SC(C(=O)Nc3ccc(S(N)(=O)=O)cc3)c3ccccc3)c2)cc1OC. The van der Waals surface area contributed by atoms with Crippen molar-refractivity contribution < 1.29 is 27.5 Å². The molecule has 206 valence electrons. The van der Waals surface area contributed by atoms with Crippen molar-refractivity contribution in [1.82, 2.24) is 0 Å². The molecule has 0 bridgehead atoms. The highest BCUT2D eigenvalue weighted by Gasteiger charge is 2.23. The van der Waals surface area contributed by atoms with Gasteiger partial charge in [-0.2, -0.15) is 0 Å². The summed E-state index contributed by atoms with van der Waals surface area (Å²) in [4.78, 5) is 27.0. The number of hydrogen-bond donors (Lipinski definition) is 3. The molecule has 0 saturated carbocycles. The van der Waals surface area contributed by atoms with E-state index in [9.17, 15) is 18.0 Å². The van der Waals surface area contributed by atoms with Crippen LogP contribution in [-0.2, 0) is 14.8 Å². The van der Waals surface area contributed by atoms with Gasteiger partial charge in [0.05, 0.1) is 19.1 Å². The van der Waals surface area contributed by atoms with Crippen LogP contribution in [0.25, 0.3) is 0 Å². The maximum atomic E-state index is 13.4. The zero-order valence-electron chi connectivity index (χ0n) is 21.7. The smallest absolute Gasteiger partial charge is 0.255 e. The first-order chi connectivity index (χ1) is 19.2. The molecule has 0 aliphatic heterocycles. The van der Waals surface area contributed by atoms with Gasteiger partial charge in [-0.3, -0.25) is 9.59 Å². The van der Waals surface area contributed by atoms with E-state index in [-0.39, 0.29) is 16.7 Å². The Morgan fingerprint density at radius 2 is 1.48 bits per heavy atom. The van der Waals surface area contributed by atoms with E-state index in [2.05, 4.69) is 10.6 Å². The molecule has 0 saturated heterocycles. The lowest BCUT2D eigenvalue weighted by atomic mass is 10.1. The first kappa shape index (κ1) is 28.7. The van der Waals surface area contributed by atoms with Gasteiger partial charge in [-0.1, -0.05) is 36.4 Å². The van der Waals surface area contributed by atoms with E-state index in [1.807, 2.05) is 36.4 Å². The highest BCUT2D eigenvalue weighted by Crippen LogP contribution is 2.37. The molecule has 0 fully saturated rings. The minimum Gasteiger partial charge on any atom is -0.493 e. The third kappa shape index (κ3) is 7.20. The van der Waals surface area contributed by atoms with Gasteiger partial charge in [0, 0.05) is 21.8 Å². The maximum Gasteiger partial charge on any atom is 0.255 e. The van der Waals surface area contributed by atoms with Crippen LogP contribution in [0.4, 0.5) is 11.4 Å². The molecule has 4 N–H and O–H groups in total. The van der Waals surface area contributed by atoms with Crippen molar-refractivity contribution in [2.75, 3.05) is 24.9 Å². The van der Waals surface area contributed by atoms with Crippen molar-refractivity contribution in [3.05, 3.63) is 108 Å². The van der Waals surface area contributed by atoms with Crippen LogP contribution in [0.3, 0.4) is 0 Å². The Labute approximate surface area is 236 Å². The van der Waals surface area contributed by atoms with Gasteiger partial charge in [-0.15, -0.1) is 11.8 Å². The molecule has 11 heteroatoms. The quantitative estimate of drug-likeness (QED) is 0.224. The molecule has 9 nitrogen and oxygen atoms in total. The largest absolute Gasteiger partial charge is 0.493 e. The second-order valence-corrected chi connectivity index (χ2v) is 11.3. The van der Waals surface area contributed by atoms with Gasteiger partial charge in [0.2, 0.25) is 15.9 Å². The number of carbonyl (C=O) groups excluding carboxylic acids is 2. The highest BCUT2D eigenvalue weighted by atomic mass is 32.2. The molecule has 2 amide bonds. The first-order valence-corrected chi connectivity index (χ1v) is 14.4. The highest BCUT2D eigenvalue weighted by molar-refractivity contribution is 8.00. The van der Waals surface area contributed by atoms with Crippen molar-refractivity contribution in [3.63, 3.8) is 0 Å². The van der Waals surface area contributed by atoms with Gasteiger partial charge < -0.3 is 20.1 Å². The Kier molecular flexibility index (Phi) is 9.10. The van der Waals surface area contributed by atoms with Crippen LogP contribution < -0.4 is 25.2 Å². The molecule has 0 aliphatic rings. The zero-order valence-corrected chi connectivity index (χ0v) is 23.3. The van der Waals surface area contributed by atoms with Crippen molar-refractivity contribution in [2.45, 2.75) is 15.0 Å². The van der Waals surface area contributed by atoms with Gasteiger partial charge >= 0.3 is 0 Å². The van der Waals surface area contributed by atoms with Crippen LogP contribution in [-0.4, -0.2) is 34.5 Å². The van der Waals surface area contributed by atoms with Crippen molar-refractivity contribution in [3.8, 4) is 11.5 Å². The average molecular weight is 578 g/mol. The van der Waals surface area contributed by atoms with Crippen LogP contribution in [0, 0.1) is 0 Å². The summed E-state index contributed by atoms with van der Waals surface area (Å²) in [7, 11) is -0.823.